The maximum atomic E-state index is 7.01. The first-order chi connectivity index (χ1) is 5.42. The van der Waals surface area contributed by atoms with Crippen molar-refractivity contribution < 1.29 is 0 Å². The molecule has 2 rings (SSSR count). The van der Waals surface area contributed by atoms with E-state index in [1.807, 2.05) is 0 Å². The zero-order valence-electron chi connectivity index (χ0n) is 6.79. The normalized spacial score (nSPS) is 33.2. The highest BCUT2D eigenvalue weighted by molar-refractivity contribution is 4.92. The molecule has 1 heterocycles. The lowest BCUT2D eigenvalue weighted by atomic mass is 9.91. The number of hydrogen-bond acceptors (Lipinski definition) is 1. The monoisotopic (exact) mass is 150 g/mol. The van der Waals surface area contributed by atoms with E-state index in [1.54, 1.807) is 0 Å². The van der Waals surface area contributed by atoms with Crippen molar-refractivity contribution in [3.05, 3.63) is 11.4 Å². The van der Waals surface area contributed by atoms with Crippen LogP contribution in [0, 0.1) is 6.57 Å². The van der Waals surface area contributed by atoms with Crippen molar-refractivity contribution in [3.63, 3.8) is 0 Å². The molecule has 0 N–H and O–H groups in total. The van der Waals surface area contributed by atoms with E-state index >= 15 is 0 Å². The predicted molar refractivity (Wildman–Crippen MR) is 44.0 cm³/mol. The minimum Gasteiger partial charge on any atom is -0.296 e. The maximum absolute atomic E-state index is 7.01. The Hall–Kier alpha value is -0.550. The van der Waals surface area contributed by atoms with Crippen LogP contribution < -0.4 is 0 Å². The van der Waals surface area contributed by atoms with Crippen molar-refractivity contribution >= 4 is 0 Å². The van der Waals surface area contributed by atoms with Crippen molar-refractivity contribution in [3.8, 4) is 0 Å². The molecule has 0 aromatic rings. The molecule has 1 unspecified atom stereocenters. The Balaban J connectivity index is 1.96. The average molecular weight is 150 g/mol. The minimum absolute atomic E-state index is 0.236. The molecule has 1 aliphatic heterocycles. The highest BCUT2D eigenvalue weighted by Crippen LogP contribution is 2.31. The summed E-state index contributed by atoms with van der Waals surface area (Å²) in [6, 6.07) is 0.775. The van der Waals surface area contributed by atoms with Gasteiger partial charge in [-0.25, -0.2) is 11.5 Å². The summed E-state index contributed by atoms with van der Waals surface area (Å²) in [6.45, 7) is 8.18. The first-order valence-electron chi connectivity index (χ1n) is 4.54. The Morgan fingerprint density at radius 1 is 1.18 bits per heavy atom. The molecule has 60 valence electrons. The Bertz CT molecular complexity index is 178. The molecule has 1 saturated heterocycles. The molecule has 2 aliphatic rings. The van der Waals surface area contributed by atoms with Crippen LogP contribution in [0.5, 0.6) is 0 Å². The van der Waals surface area contributed by atoms with Gasteiger partial charge >= 0.3 is 0 Å². The van der Waals surface area contributed by atoms with Crippen LogP contribution in [0.4, 0.5) is 0 Å². The molecule has 1 saturated carbocycles. The van der Waals surface area contributed by atoms with E-state index in [1.165, 1.54) is 32.2 Å². The second-order valence-corrected chi connectivity index (χ2v) is 3.57. The fourth-order valence-corrected chi connectivity index (χ4v) is 2.05. The van der Waals surface area contributed by atoms with Crippen molar-refractivity contribution in [1.29, 1.82) is 0 Å². The van der Waals surface area contributed by atoms with Crippen LogP contribution >= 0.6 is 0 Å². The largest absolute Gasteiger partial charge is 0.296 e. The fourth-order valence-electron chi connectivity index (χ4n) is 2.05. The number of hydrogen-bond donors (Lipinski definition) is 0. The van der Waals surface area contributed by atoms with Crippen LogP contribution in [-0.2, 0) is 0 Å². The van der Waals surface area contributed by atoms with E-state index in [-0.39, 0.29) is 6.17 Å². The second-order valence-electron chi connectivity index (χ2n) is 3.57. The summed E-state index contributed by atoms with van der Waals surface area (Å²) in [5.41, 5.74) is 0. The summed E-state index contributed by atoms with van der Waals surface area (Å²) in [4.78, 5) is 6.06. The topological polar surface area (TPSA) is 7.60 Å². The van der Waals surface area contributed by atoms with Crippen molar-refractivity contribution in [2.75, 3.05) is 6.54 Å². The molecule has 0 aromatic heterocycles. The summed E-state index contributed by atoms with van der Waals surface area (Å²) in [6.07, 6.45) is 6.65. The smallest absolute Gasteiger partial charge is 0.279 e. The van der Waals surface area contributed by atoms with Gasteiger partial charge in [0, 0.05) is 19.0 Å². The fraction of sp³-hybridized carbons (Fsp3) is 0.889. The highest BCUT2D eigenvalue weighted by Gasteiger charge is 2.36. The minimum atomic E-state index is 0.236. The van der Waals surface area contributed by atoms with Crippen LogP contribution in [0.1, 0.15) is 32.1 Å². The molecule has 0 amide bonds. The molecule has 11 heavy (non-hydrogen) atoms. The van der Waals surface area contributed by atoms with Crippen LogP contribution in [-0.4, -0.2) is 23.7 Å². The van der Waals surface area contributed by atoms with E-state index in [9.17, 15) is 0 Å². The molecule has 2 heteroatoms. The quantitative estimate of drug-likeness (QED) is 0.518. The lowest BCUT2D eigenvalue weighted by Crippen LogP contribution is -2.41. The third-order valence-corrected chi connectivity index (χ3v) is 2.95. The molecule has 0 aromatic carbocycles. The van der Waals surface area contributed by atoms with E-state index in [4.69, 9.17) is 6.57 Å². The predicted octanol–water partition coefficient (Wildman–Crippen LogP) is 1.88. The van der Waals surface area contributed by atoms with E-state index < -0.39 is 0 Å². The maximum Gasteiger partial charge on any atom is 0.279 e. The third kappa shape index (κ3) is 1.14. The second kappa shape index (κ2) is 2.83. The number of rotatable bonds is 1. The zero-order valence-corrected chi connectivity index (χ0v) is 6.79. The number of nitrogens with zero attached hydrogens (tertiary/aromatic N) is 2. The standard InChI is InChI=1S/C9H14N2/c1-10-9-6-3-7-11(9)8-4-2-5-8/h8-9H,2-7H2. The van der Waals surface area contributed by atoms with E-state index in [2.05, 4.69) is 9.74 Å². The molecule has 2 fully saturated rings. The zero-order chi connectivity index (χ0) is 7.68. The van der Waals surface area contributed by atoms with Gasteiger partial charge in [0.2, 0.25) is 0 Å². The highest BCUT2D eigenvalue weighted by atomic mass is 15.3. The Labute approximate surface area is 68.0 Å². The summed E-state index contributed by atoms with van der Waals surface area (Å²) in [7, 11) is 0. The molecule has 0 spiro atoms. The summed E-state index contributed by atoms with van der Waals surface area (Å²) >= 11 is 0. The van der Waals surface area contributed by atoms with Gasteiger partial charge in [0.1, 0.15) is 0 Å². The van der Waals surface area contributed by atoms with Crippen LogP contribution in [0.2, 0.25) is 0 Å². The first kappa shape index (κ1) is 7.12. The SMILES string of the molecule is [C-]#[N+]C1CCCN1C1CCC1. The van der Waals surface area contributed by atoms with Crippen molar-refractivity contribution in [2.24, 2.45) is 0 Å². The molecular formula is C9H14N2. The van der Waals surface area contributed by atoms with Crippen LogP contribution in [0.15, 0.2) is 0 Å². The number of likely N-dealkylation sites (tertiary alicyclic amines) is 1. The van der Waals surface area contributed by atoms with Gasteiger partial charge in [0.25, 0.3) is 6.17 Å². The Morgan fingerprint density at radius 2 is 2.00 bits per heavy atom. The average Bonchev–Trinajstić information content (AvgIpc) is 2.32. The van der Waals surface area contributed by atoms with Gasteiger partial charge in [-0.05, 0) is 19.3 Å². The van der Waals surface area contributed by atoms with Crippen molar-refractivity contribution in [1.82, 2.24) is 4.90 Å². The van der Waals surface area contributed by atoms with Gasteiger partial charge in [-0.15, -0.1) is 0 Å². The molecule has 1 aliphatic carbocycles. The van der Waals surface area contributed by atoms with Gasteiger partial charge in [-0.2, -0.15) is 0 Å². The molecule has 0 radical (unpaired) electrons. The summed E-state index contributed by atoms with van der Waals surface area (Å²) in [5.74, 6) is 0. The van der Waals surface area contributed by atoms with Crippen molar-refractivity contribution in [2.45, 2.75) is 44.3 Å². The molecule has 2 nitrogen and oxygen atoms in total. The summed E-state index contributed by atoms with van der Waals surface area (Å²) in [5, 5.41) is 0. The van der Waals surface area contributed by atoms with E-state index in [0.29, 0.717) is 0 Å². The lowest BCUT2D eigenvalue weighted by Gasteiger charge is -2.33. The third-order valence-electron chi connectivity index (χ3n) is 2.95. The lowest BCUT2D eigenvalue weighted by molar-refractivity contribution is 0.132. The van der Waals surface area contributed by atoms with Crippen LogP contribution in [0.25, 0.3) is 4.85 Å². The van der Waals surface area contributed by atoms with Gasteiger partial charge in [0.05, 0.1) is 0 Å². The van der Waals surface area contributed by atoms with Gasteiger partial charge in [-0.3, -0.25) is 4.85 Å². The Kier molecular flexibility index (Phi) is 1.83. The van der Waals surface area contributed by atoms with Gasteiger partial charge in [-0.1, -0.05) is 6.42 Å². The molecular weight excluding hydrogens is 136 g/mol. The molecule has 0 bridgehead atoms. The van der Waals surface area contributed by atoms with E-state index in [0.717, 1.165) is 12.5 Å². The molecule has 1 atom stereocenters. The summed E-state index contributed by atoms with van der Waals surface area (Å²) < 4.78 is 0. The first-order valence-corrected chi connectivity index (χ1v) is 4.54. The van der Waals surface area contributed by atoms with Crippen LogP contribution in [0.3, 0.4) is 0 Å². The van der Waals surface area contributed by atoms with Gasteiger partial charge < -0.3 is 0 Å². The van der Waals surface area contributed by atoms with Gasteiger partial charge in [0.15, 0.2) is 0 Å². The Morgan fingerprint density at radius 3 is 2.55 bits per heavy atom.